The Hall–Kier alpha value is -1.44. The number of ketones is 1. The molecule has 0 aliphatic carbocycles. The smallest absolute Gasteiger partial charge is 0.160 e. The van der Waals surface area contributed by atoms with Crippen LogP contribution in [0.2, 0.25) is 0 Å². The molecule has 0 aromatic carbocycles. The Morgan fingerprint density at radius 2 is 2.45 bits per heavy atom. The van der Waals surface area contributed by atoms with Crippen LogP contribution in [0.15, 0.2) is 30.6 Å². The second kappa shape index (κ2) is 3.66. The lowest BCUT2D eigenvalue weighted by atomic mass is 10.2. The zero-order chi connectivity index (χ0) is 8.10. The molecular formula is C9H7NO. The molecule has 2 heteroatoms. The van der Waals surface area contributed by atoms with Crippen molar-refractivity contribution in [3.63, 3.8) is 0 Å². The predicted molar refractivity (Wildman–Crippen MR) is 42.6 cm³/mol. The second-order valence-corrected chi connectivity index (χ2v) is 2.02. The molecule has 1 aromatic rings. The van der Waals surface area contributed by atoms with Gasteiger partial charge in [0.05, 0.1) is 0 Å². The molecule has 0 atom stereocenters. The first-order valence-electron chi connectivity index (χ1n) is 3.16. The van der Waals surface area contributed by atoms with Gasteiger partial charge in [-0.3, -0.25) is 9.78 Å². The quantitative estimate of drug-likeness (QED) is 0.588. The van der Waals surface area contributed by atoms with Gasteiger partial charge in [-0.15, -0.1) is 0 Å². The van der Waals surface area contributed by atoms with Gasteiger partial charge >= 0.3 is 0 Å². The average molecular weight is 145 g/mol. The van der Waals surface area contributed by atoms with E-state index in [1.165, 1.54) is 6.08 Å². The molecule has 1 heterocycles. The molecule has 0 N–H and O–H groups in total. The zero-order valence-corrected chi connectivity index (χ0v) is 5.90. The molecule has 0 aliphatic rings. The van der Waals surface area contributed by atoms with E-state index in [4.69, 9.17) is 6.92 Å². The van der Waals surface area contributed by atoms with E-state index >= 15 is 0 Å². The number of carbonyl (C=O) groups excluding carboxylic acids is 1. The fourth-order valence-electron chi connectivity index (χ4n) is 0.653. The molecular weight excluding hydrogens is 138 g/mol. The molecule has 54 valence electrons. The van der Waals surface area contributed by atoms with Gasteiger partial charge in [0, 0.05) is 19.3 Å². The van der Waals surface area contributed by atoms with Crippen LogP contribution >= 0.6 is 0 Å². The van der Waals surface area contributed by atoms with Crippen molar-refractivity contribution in [3.05, 3.63) is 43.1 Å². The minimum absolute atomic E-state index is 0.450. The van der Waals surface area contributed by atoms with E-state index in [0.717, 1.165) is 5.56 Å². The van der Waals surface area contributed by atoms with Crippen LogP contribution < -0.4 is 0 Å². The number of allylic oxidation sites excluding steroid dienone is 1. The molecule has 0 saturated heterocycles. The average Bonchev–Trinajstić information content (AvgIpc) is 2.03. The largest absolute Gasteiger partial charge is 0.294 e. The van der Waals surface area contributed by atoms with Gasteiger partial charge in [-0.25, -0.2) is 0 Å². The highest BCUT2D eigenvalue weighted by atomic mass is 16.1. The highest BCUT2D eigenvalue weighted by molar-refractivity contribution is 5.96. The summed E-state index contributed by atoms with van der Waals surface area (Å²) >= 11 is 0. The molecule has 11 heavy (non-hydrogen) atoms. The summed E-state index contributed by atoms with van der Waals surface area (Å²) in [5.41, 5.74) is 0.867. The lowest BCUT2D eigenvalue weighted by Crippen LogP contribution is -1.80. The Bertz CT molecular complexity index is 264. The third kappa shape index (κ3) is 2.76. The van der Waals surface area contributed by atoms with Crippen molar-refractivity contribution in [2.45, 2.75) is 0 Å². The Balaban J connectivity index is 2.72. The molecule has 0 bridgehead atoms. The van der Waals surface area contributed by atoms with Gasteiger partial charge in [-0.1, -0.05) is 6.07 Å². The Morgan fingerprint density at radius 1 is 1.64 bits per heavy atom. The van der Waals surface area contributed by atoms with E-state index in [1.54, 1.807) is 24.5 Å². The molecule has 0 fully saturated rings. The first kappa shape index (κ1) is 7.66. The van der Waals surface area contributed by atoms with Gasteiger partial charge in [0.2, 0.25) is 0 Å². The van der Waals surface area contributed by atoms with Gasteiger partial charge in [-0.2, -0.15) is 0 Å². The van der Waals surface area contributed by atoms with Gasteiger partial charge in [0.15, 0.2) is 5.78 Å². The van der Waals surface area contributed by atoms with Crippen LogP contribution in [0.25, 0.3) is 6.08 Å². The van der Waals surface area contributed by atoms with E-state index in [1.807, 2.05) is 6.07 Å². The highest BCUT2D eigenvalue weighted by Crippen LogP contribution is 1.97. The summed E-state index contributed by atoms with van der Waals surface area (Å²) in [5, 5.41) is 0. The maximum absolute atomic E-state index is 10.3. The van der Waals surface area contributed by atoms with Crippen molar-refractivity contribution in [3.8, 4) is 0 Å². The van der Waals surface area contributed by atoms with Crippen molar-refractivity contribution < 1.29 is 4.79 Å². The van der Waals surface area contributed by atoms with Crippen molar-refractivity contribution in [2.24, 2.45) is 0 Å². The number of pyridine rings is 1. The monoisotopic (exact) mass is 145 g/mol. The summed E-state index contributed by atoms with van der Waals surface area (Å²) in [6.07, 6.45) is 6.24. The van der Waals surface area contributed by atoms with Crippen LogP contribution in [0.1, 0.15) is 5.56 Å². The highest BCUT2D eigenvalue weighted by Gasteiger charge is 1.85. The Morgan fingerprint density at radius 3 is 3.00 bits per heavy atom. The van der Waals surface area contributed by atoms with E-state index in [2.05, 4.69) is 4.98 Å². The van der Waals surface area contributed by atoms with Crippen LogP contribution in [-0.4, -0.2) is 10.8 Å². The van der Waals surface area contributed by atoms with Crippen molar-refractivity contribution >= 4 is 11.9 Å². The maximum atomic E-state index is 10.3. The lowest BCUT2D eigenvalue weighted by molar-refractivity contribution is -0.110. The third-order valence-electron chi connectivity index (χ3n) is 1.12. The minimum Gasteiger partial charge on any atom is -0.294 e. The SMILES string of the molecule is [CH]C(=O)/C=C/c1cccnc1. The molecule has 0 amide bonds. The summed E-state index contributed by atoms with van der Waals surface area (Å²) in [5.74, 6) is -0.450. The van der Waals surface area contributed by atoms with Gasteiger partial charge < -0.3 is 0 Å². The summed E-state index contributed by atoms with van der Waals surface area (Å²) in [6.45, 7) is 4.89. The second-order valence-electron chi connectivity index (χ2n) is 2.02. The summed E-state index contributed by atoms with van der Waals surface area (Å²) in [6, 6.07) is 3.63. The molecule has 2 radical (unpaired) electrons. The maximum Gasteiger partial charge on any atom is 0.160 e. The fourth-order valence-corrected chi connectivity index (χ4v) is 0.653. The summed E-state index contributed by atoms with van der Waals surface area (Å²) in [7, 11) is 0. The molecule has 2 nitrogen and oxygen atoms in total. The summed E-state index contributed by atoms with van der Waals surface area (Å²) in [4.78, 5) is 14.1. The first-order chi connectivity index (χ1) is 5.29. The number of hydrogen-bond donors (Lipinski definition) is 0. The standard InChI is InChI=1S/C9H7NO/c1-8(11)4-5-9-3-2-6-10-7-9/h1-7H/b5-4+. The minimum atomic E-state index is -0.450. The summed E-state index contributed by atoms with van der Waals surface area (Å²) < 4.78 is 0. The van der Waals surface area contributed by atoms with Crippen LogP contribution in [0.4, 0.5) is 0 Å². The van der Waals surface area contributed by atoms with Gasteiger partial charge in [0.1, 0.15) is 0 Å². The zero-order valence-electron chi connectivity index (χ0n) is 5.90. The van der Waals surface area contributed by atoms with Crippen molar-refractivity contribution in [1.29, 1.82) is 0 Å². The molecule has 1 rings (SSSR count). The molecule has 0 unspecified atom stereocenters. The number of nitrogens with zero attached hydrogens (tertiary/aromatic N) is 1. The molecule has 0 aliphatic heterocycles. The Kier molecular flexibility index (Phi) is 2.55. The van der Waals surface area contributed by atoms with Crippen LogP contribution in [0.3, 0.4) is 0 Å². The Labute approximate surface area is 65.6 Å². The van der Waals surface area contributed by atoms with Crippen molar-refractivity contribution in [1.82, 2.24) is 4.98 Å². The van der Waals surface area contributed by atoms with Gasteiger partial charge in [0.25, 0.3) is 0 Å². The van der Waals surface area contributed by atoms with Crippen LogP contribution in [0.5, 0.6) is 0 Å². The number of hydrogen-bond acceptors (Lipinski definition) is 2. The number of carbonyl (C=O) groups is 1. The lowest BCUT2D eigenvalue weighted by Gasteiger charge is -1.87. The molecule has 0 saturated carbocycles. The van der Waals surface area contributed by atoms with E-state index in [0.29, 0.717) is 0 Å². The predicted octanol–water partition coefficient (Wildman–Crippen LogP) is 1.37. The van der Waals surface area contributed by atoms with Crippen LogP contribution in [0, 0.1) is 6.92 Å². The first-order valence-corrected chi connectivity index (χ1v) is 3.16. The van der Waals surface area contributed by atoms with E-state index < -0.39 is 5.78 Å². The van der Waals surface area contributed by atoms with Gasteiger partial charge in [-0.05, 0) is 23.8 Å². The molecule has 0 spiro atoms. The normalized spacial score (nSPS) is 10.3. The molecule has 1 aromatic heterocycles. The number of rotatable bonds is 2. The third-order valence-corrected chi connectivity index (χ3v) is 1.12. The van der Waals surface area contributed by atoms with E-state index in [-0.39, 0.29) is 0 Å². The topological polar surface area (TPSA) is 30.0 Å². The van der Waals surface area contributed by atoms with Crippen molar-refractivity contribution in [2.75, 3.05) is 0 Å². The van der Waals surface area contributed by atoms with E-state index in [9.17, 15) is 4.79 Å². The fraction of sp³-hybridized carbons (Fsp3) is 0. The number of aromatic nitrogens is 1. The van der Waals surface area contributed by atoms with Crippen LogP contribution in [-0.2, 0) is 4.79 Å².